The number of carboxylic acid groups (broad SMARTS) is 1. The molecular formula is C13H16O3. The molecule has 0 saturated heterocycles. The summed E-state index contributed by atoms with van der Waals surface area (Å²) in [6.07, 6.45) is 0.671. The molecule has 1 rings (SSSR count). The average Bonchev–Trinajstić information content (AvgIpc) is 2.29. The molecule has 0 aliphatic carbocycles. The van der Waals surface area contributed by atoms with Crippen LogP contribution in [0.15, 0.2) is 35.9 Å². The van der Waals surface area contributed by atoms with E-state index < -0.39 is 5.97 Å². The van der Waals surface area contributed by atoms with E-state index in [0.717, 1.165) is 11.1 Å². The quantitative estimate of drug-likeness (QED) is 0.776. The van der Waals surface area contributed by atoms with Crippen molar-refractivity contribution in [3.05, 3.63) is 41.5 Å². The second-order valence-corrected chi connectivity index (χ2v) is 3.44. The lowest BCUT2D eigenvalue weighted by atomic mass is 9.99. The van der Waals surface area contributed by atoms with Gasteiger partial charge in [-0.25, -0.2) is 4.79 Å². The third-order valence-electron chi connectivity index (χ3n) is 2.38. The minimum Gasteiger partial charge on any atom is -0.478 e. The monoisotopic (exact) mass is 220 g/mol. The molecule has 0 atom stereocenters. The largest absolute Gasteiger partial charge is 0.478 e. The Balaban J connectivity index is 3.22. The van der Waals surface area contributed by atoms with Crippen LogP contribution in [0.2, 0.25) is 0 Å². The van der Waals surface area contributed by atoms with Crippen molar-refractivity contribution in [3.63, 3.8) is 0 Å². The normalized spacial score (nSPS) is 12.1. The number of aliphatic carboxylic acids is 1. The molecular weight excluding hydrogens is 204 g/mol. The maximum absolute atomic E-state index is 11.3. The fraction of sp³-hybridized carbons (Fsp3) is 0.308. The van der Waals surface area contributed by atoms with Gasteiger partial charge in [-0.1, -0.05) is 37.3 Å². The number of hydrogen-bond acceptors (Lipinski definition) is 2. The van der Waals surface area contributed by atoms with E-state index in [1.54, 1.807) is 19.2 Å². The molecule has 0 spiro atoms. The standard InChI is InChI=1S/C13H16O3/c1-3-10(9-16-2)12(13(14)15)11-7-5-4-6-8-11/h4-8H,3,9H2,1-2H3,(H,14,15). The molecule has 1 N–H and O–H groups in total. The Bertz CT molecular complexity index is 379. The van der Waals surface area contributed by atoms with Crippen molar-refractivity contribution >= 4 is 11.5 Å². The van der Waals surface area contributed by atoms with Crippen molar-refractivity contribution < 1.29 is 14.6 Å². The minimum absolute atomic E-state index is 0.352. The van der Waals surface area contributed by atoms with Gasteiger partial charge in [0.1, 0.15) is 0 Å². The Hall–Kier alpha value is -1.61. The molecule has 0 radical (unpaired) electrons. The zero-order valence-corrected chi connectivity index (χ0v) is 9.56. The minimum atomic E-state index is -0.903. The summed E-state index contributed by atoms with van der Waals surface area (Å²) < 4.78 is 5.03. The van der Waals surface area contributed by atoms with Gasteiger partial charge in [0.05, 0.1) is 12.2 Å². The highest BCUT2D eigenvalue weighted by Crippen LogP contribution is 2.21. The number of carbonyl (C=O) groups is 1. The fourth-order valence-electron chi connectivity index (χ4n) is 1.61. The van der Waals surface area contributed by atoms with Gasteiger partial charge in [-0.3, -0.25) is 0 Å². The van der Waals surface area contributed by atoms with Gasteiger partial charge in [0.25, 0.3) is 0 Å². The smallest absolute Gasteiger partial charge is 0.336 e. The number of carboxylic acids is 1. The Morgan fingerprint density at radius 2 is 1.94 bits per heavy atom. The Kier molecular flexibility index (Phi) is 4.73. The van der Waals surface area contributed by atoms with Crippen LogP contribution in [0.25, 0.3) is 5.57 Å². The first-order valence-electron chi connectivity index (χ1n) is 5.20. The second-order valence-electron chi connectivity index (χ2n) is 3.44. The molecule has 3 nitrogen and oxygen atoms in total. The van der Waals surface area contributed by atoms with Crippen LogP contribution in [0.5, 0.6) is 0 Å². The lowest BCUT2D eigenvalue weighted by Gasteiger charge is -2.10. The average molecular weight is 220 g/mol. The van der Waals surface area contributed by atoms with Crippen LogP contribution >= 0.6 is 0 Å². The van der Waals surface area contributed by atoms with Gasteiger partial charge in [0.2, 0.25) is 0 Å². The lowest BCUT2D eigenvalue weighted by molar-refractivity contribution is -0.130. The summed E-state index contributed by atoms with van der Waals surface area (Å²) >= 11 is 0. The van der Waals surface area contributed by atoms with Gasteiger partial charge >= 0.3 is 5.97 Å². The van der Waals surface area contributed by atoms with E-state index in [9.17, 15) is 9.90 Å². The fourth-order valence-corrected chi connectivity index (χ4v) is 1.61. The van der Waals surface area contributed by atoms with Gasteiger partial charge in [-0.15, -0.1) is 0 Å². The third kappa shape index (κ3) is 2.94. The SMILES string of the molecule is CCC(COC)=C(C(=O)O)c1ccccc1. The Labute approximate surface area is 95.4 Å². The molecule has 0 saturated carbocycles. The highest BCUT2D eigenvalue weighted by atomic mass is 16.5. The summed E-state index contributed by atoms with van der Waals surface area (Å²) in [5.74, 6) is -0.903. The van der Waals surface area contributed by atoms with Gasteiger partial charge in [0, 0.05) is 7.11 Å². The van der Waals surface area contributed by atoms with Crippen LogP contribution < -0.4 is 0 Å². The molecule has 1 aromatic rings. The molecule has 0 aliphatic rings. The van der Waals surface area contributed by atoms with E-state index in [0.29, 0.717) is 18.6 Å². The molecule has 16 heavy (non-hydrogen) atoms. The summed E-state index contributed by atoms with van der Waals surface area (Å²) in [5, 5.41) is 9.24. The molecule has 0 aromatic heterocycles. The van der Waals surface area contributed by atoms with Crippen LogP contribution in [0.3, 0.4) is 0 Å². The van der Waals surface area contributed by atoms with E-state index in [-0.39, 0.29) is 0 Å². The molecule has 3 heteroatoms. The van der Waals surface area contributed by atoms with Gasteiger partial charge in [-0.2, -0.15) is 0 Å². The van der Waals surface area contributed by atoms with Crippen molar-refractivity contribution in [2.75, 3.05) is 13.7 Å². The van der Waals surface area contributed by atoms with Crippen molar-refractivity contribution in [3.8, 4) is 0 Å². The number of methoxy groups -OCH3 is 1. The van der Waals surface area contributed by atoms with Crippen LogP contribution in [-0.2, 0) is 9.53 Å². The van der Waals surface area contributed by atoms with E-state index in [4.69, 9.17) is 4.74 Å². The second kappa shape index (κ2) is 6.08. The van der Waals surface area contributed by atoms with Gasteiger partial charge < -0.3 is 9.84 Å². The highest BCUT2D eigenvalue weighted by Gasteiger charge is 2.15. The molecule has 1 aromatic carbocycles. The molecule has 86 valence electrons. The van der Waals surface area contributed by atoms with Crippen molar-refractivity contribution in [2.45, 2.75) is 13.3 Å². The molecule has 0 aliphatic heterocycles. The summed E-state index contributed by atoms with van der Waals surface area (Å²) in [4.78, 5) is 11.3. The van der Waals surface area contributed by atoms with Crippen molar-refractivity contribution in [1.82, 2.24) is 0 Å². The number of rotatable bonds is 5. The van der Waals surface area contributed by atoms with Crippen molar-refractivity contribution in [1.29, 1.82) is 0 Å². The number of ether oxygens (including phenoxy) is 1. The van der Waals surface area contributed by atoms with E-state index in [2.05, 4.69) is 0 Å². The number of hydrogen-bond donors (Lipinski definition) is 1. The first-order valence-corrected chi connectivity index (χ1v) is 5.20. The van der Waals surface area contributed by atoms with Crippen LogP contribution in [0, 0.1) is 0 Å². The topological polar surface area (TPSA) is 46.5 Å². The first-order chi connectivity index (χ1) is 7.70. The highest BCUT2D eigenvalue weighted by molar-refractivity contribution is 6.16. The molecule has 0 heterocycles. The van der Waals surface area contributed by atoms with Crippen LogP contribution in [0.1, 0.15) is 18.9 Å². The Morgan fingerprint density at radius 3 is 2.38 bits per heavy atom. The van der Waals surface area contributed by atoms with E-state index in [1.807, 2.05) is 25.1 Å². The van der Waals surface area contributed by atoms with Crippen LogP contribution in [0.4, 0.5) is 0 Å². The predicted octanol–water partition coefficient (Wildman–Crippen LogP) is 2.58. The maximum atomic E-state index is 11.3. The van der Waals surface area contributed by atoms with Crippen LogP contribution in [-0.4, -0.2) is 24.8 Å². The Morgan fingerprint density at radius 1 is 1.31 bits per heavy atom. The third-order valence-corrected chi connectivity index (χ3v) is 2.38. The first kappa shape index (κ1) is 12.5. The summed E-state index contributed by atoms with van der Waals surface area (Å²) in [7, 11) is 1.57. The van der Waals surface area contributed by atoms with E-state index in [1.165, 1.54) is 0 Å². The number of benzene rings is 1. The molecule has 0 unspecified atom stereocenters. The molecule has 0 amide bonds. The summed E-state index contributed by atoms with van der Waals surface area (Å²) in [6.45, 7) is 2.28. The summed E-state index contributed by atoms with van der Waals surface area (Å²) in [6, 6.07) is 9.13. The lowest BCUT2D eigenvalue weighted by Crippen LogP contribution is -2.07. The van der Waals surface area contributed by atoms with Crippen molar-refractivity contribution in [2.24, 2.45) is 0 Å². The zero-order valence-electron chi connectivity index (χ0n) is 9.56. The zero-order chi connectivity index (χ0) is 12.0. The van der Waals surface area contributed by atoms with E-state index >= 15 is 0 Å². The molecule has 0 bridgehead atoms. The van der Waals surface area contributed by atoms with Gasteiger partial charge in [0.15, 0.2) is 0 Å². The summed E-state index contributed by atoms with van der Waals surface area (Å²) in [5.41, 5.74) is 1.88. The predicted molar refractivity (Wildman–Crippen MR) is 63.2 cm³/mol. The maximum Gasteiger partial charge on any atom is 0.336 e. The van der Waals surface area contributed by atoms with Gasteiger partial charge in [-0.05, 0) is 17.6 Å². The molecule has 0 fully saturated rings.